The standard InChI is InChI=1S/C17H12N2O/c1-11-9-10-18-16-12(11)5-4-6-13(16)17-19-14-7-2-3-8-15(14)20-17/h2-10H,1H3. The zero-order valence-corrected chi connectivity index (χ0v) is 11.0. The third-order valence-corrected chi connectivity index (χ3v) is 3.51. The number of aromatic nitrogens is 2. The molecule has 0 aliphatic carbocycles. The van der Waals surface area contributed by atoms with Crippen LogP contribution in [0.15, 0.2) is 59.1 Å². The van der Waals surface area contributed by atoms with Crippen LogP contribution in [0.2, 0.25) is 0 Å². The van der Waals surface area contributed by atoms with Crippen LogP contribution in [0.5, 0.6) is 0 Å². The summed E-state index contributed by atoms with van der Waals surface area (Å²) in [6.45, 7) is 2.08. The van der Waals surface area contributed by atoms with Crippen molar-refractivity contribution in [2.24, 2.45) is 0 Å². The van der Waals surface area contributed by atoms with Crippen molar-refractivity contribution in [3.8, 4) is 11.5 Å². The van der Waals surface area contributed by atoms with E-state index in [4.69, 9.17) is 4.42 Å². The van der Waals surface area contributed by atoms with Gasteiger partial charge in [-0.1, -0.05) is 24.3 Å². The van der Waals surface area contributed by atoms with Gasteiger partial charge in [-0.3, -0.25) is 4.98 Å². The molecule has 0 aliphatic heterocycles. The zero-order chi connectivity index (χ0) is 13.5. The molecule has 96 valence electrons. The summed E-state index contributed by atoms with van der Waals surface area (Å²) >= 11 is 0. The summed E-state index contributed by atoms with van der Waals surface area (Å²) in [4.78, 5) is 9.04. The van der Waals surface area contributed by atoms with Gasteiger partial charge in [0.25, 0.3) is 0 Å². The molecule has 4 aromatic rings. The van der Waals surface area contributed by atoms with E-state index in [1.54, 1.807) is 0 Å². The highest BCUT2D eigenvalue weighted by atomic mass is 16.3. The molecule has 0 radical (unpaired) electrons. The molecule has 0 fully saturated rings. The molecule has 0 saturated heterocycles. The number of pyridine rings is 1. The van der Waals surface area contributed by atoms with Gasteiger partial charge in [0.2, 0.25) is 5.89 Å². The van der Waals surface area contributed by atoms with Crippen molar-refractivity contribution >= 4 is 22.0 Å². The van der Waals surface area contributed by atoms with Crippen LogP contribution in [0.4, 0.5) is 0 Å². The first-order valence-electron chi connectivity index (χ1n) is 6.53. The Balaban J connectivity index is 2.04. The Morgan fingerprint density at radius 3 is 2.75 bits per heavy atom. The molecule has 0 spiro atoms. The van der Waals surface area contributed by atoms with Crippen LogP contribution >= 0.6 is 0 Å². The summed E-state index contributed by atoms with van der Waals surface area (Å²) in [6.07, 6.45) is 1.82. The van der Waals surface area contributed by atoms with Gasteiger partial charge < -0.3 is 4.42 Å². The molecule has 3 heteroatoms. The number of hydrogen-bond donors (Lipinski definition) is 0. The molecule has 20 heavy (non-hydrogen) atoms. The normalized spacial score (nSPS) is 11.2. The number of aryl methyl sites for hydroxylation is 1. The van der Waals surface area contributed by atoms with Crippen LogP contribution in [-0.2, 0) is 0 Å². The van der Waals surface area contributed by atoms with Crippen molar-refractivity contribution < 1.29 is 4.42 Å². The summed E-state index contributed by atoms with van der Waals surface area (Å²) in [5.74, 6) is 0.620. The molecule has 0 atom stereocenters. The van der Waals surface area contributed by atoms with Gasteiger partial charge in [-0.05, 0) is 36.8 Å². The average molecular weight is 260 g/mol. The lowest BCUT2D eigenvalue weighted by molar-refractivity contribution is 0.620. The second-order valence-corrected chi connectivity index (χ2v) is 4.82. The molecule has 0 aliphatic rings. The van der Waals surface area contributed by atoms with Crippen LogP contribution in [0.1, 0.15) is 5.56 Å². The molecule has 2 aromatic carbocycles. The predicted molar refractivity (Wildman–Crippen MR) is 79.5 cm³/mol. The van der Waals surface area contributed by atoms with E-state index in [9.17, 15) is 0 Å². The van der Waals surface area contributed by atoms with Crippen LogP contribution in [0.25, 0.3) is 33.5 Å². The molecule has 2 aromatic heterocycles. The zero-order valence-electron chi connectivity index (χ0n) is 11.0. The molecular formula is C17H12N2O. The minimum Gasteiger partial charge on any atom is -0.436 e. The van der Waals surface area contributed by atoms with Crippen LogP contribution in [0, 0.1) is 6.92 Å². The fourth-order valence-corrected chi connectivity index (χ4v) is 2.47. The van der Waals surface area contributed by atoms with E-state index < -0.39 is 0 Å². The lowest BCUT2D eigenvalue weighted by atomic mass is 10.1. The highest BCUT2D eigenvalue weighted by Crippen LogP contribution is 2.30. The van der Waals surface area contributed by atoms with E-state index in [0.717, 1.165) is 27.6 Å². The largest absolute Gasteiger partial charge is 0.436 e. The second-order valence-electron chi connectivity index (χ2n) is 4.82. The summed E-state index contributed by atoms with van der Waals surface area (Å²) in [6, 6.07) is 15.9. The van der Waals surface area contributed by atoms with Crippen LogP contribution in [0.3, 0.4) is 0 Å². The predicted octanol–water partition coefficient (Wildman–Crippen LogP) is 4.35. The molecule has 0 unspecified atom stereocenters. The number of para-hydroxylation sites is 3. The molecule has 2 heterocycles. The van der Waals surface area contributed by atoms with E-state index in [1.807, 2.05) is 48.7 Å². The van der Waals surface area contributed by atoms with Crippen LogP contribution in [-0.4, -0.2) is 9.97 Å². The summed E-state index contributed by atoms with van der Waals surface area (Å²) in [7, 11) is 0. The number of oxazole rings is 1. The maximum atomic E-state index is 5.85. The van der Waals surface area contributed by atoms with Gasteiger partial charge in [-0.2, -0.15) is 0 Å². The highest BCUT2D eigenvalue weighted by Gasteiger charge is 2.12. The third-order valence-electron chi connectivity index (χ3n) is 3.51. The highest BCUT2D eigenvalue weighted by molar-refractivity contribution is 5.94. The monoisotopic (exact) mass is 260 g/mol. The first-order chi connectivity index (χ1) is 9.83. The Hall–Kier alpha value is -2.68. The SMILES string of the molecule is Cc1ccnc2c(-c3nc4ccccc4o3)cccc12. The second kappa shape index (κ2) is 4.17. The van der Waals surface area contributed by atoms with Crippen molar-refractivity contribution in [3.05, 3.63) is 60.3 Å². The van der Waals surface area contributed by atoms with Crippen molar-refractivity contribution in [2.75, 3.05) is 0 Å². The van der Waals surface area contributed by atoms with Gasteiger partial charge in [0.1, 0.15) is 5.52 Å². The molecule has 0 saturated carbocycles. The smallest absolute Gasteiger partial charge is 0.229 e. The fourth-order valence-electron chi connectivity index (χ4n) is 2.47. The average Bonchev–Trinajstić information content (AvgIpc) is 2.91. The molecular weight excluding hydrogens is 248 g/mol. The van der Waals surface area contributed by atoms with Gasteiger partial charge >= 0.3 is 0 Å². The van der Waals surface area contributed by atoms with E-state index >= 15 is 0 Å². The molecule has 3 nitrogen and oxygen atoms in total. The topological polar surface area (TPSA) is 38.9 Å². The van der Waals surface area contributed by atoms with Crippen molar-refractivity contribution in [1.29, 1.82) is 0 Å². The third kappa shape index (κ3) is 1.60. The number of nitrogens with zero attached hydrogens (tertiary/aromatic N) is 2. The molecule has 0 bridgehead atoms. The van der Waals surface area contributed by atoms with Crippen LogP contribution < -0.4 is 0 Å². The first kappa shape index (κ1) is 11.2. The maximum absolute atomic E-state index is 5.85. The quantitative estimate of drug-likeness (QED) is 0.510. The summed E-state index contributed by atoms with van der Waals surface area (Å²) in [5, 5.41) is 1.13. The fraction of sp³-hybridized carbons (Fsp3) is 0.0588. The Labute approximate surface area is 115 Å². The number of hydrogen-bond acceptors (Lipinski definition) is 3. The van der Waals surface area contributed by atoms with E-state index in [0.29, 0.717) is 5.89 Å². The molecule has 0 amide bonds. The maximum Gasteiger partial charge on any atom is 0.229 e. The number of fused-ring (bicyclic) bond motifs is 2. The Bertz CT molecular complexity index is 891. The van der Waals surface area contributed by atoms with Crippen molar-refractivity contribution in [2.45, 2.75) is 6.92 Å². The minimum atomic E-state index is 0.620. The summed E-state index contributed by atoms with van der Waals surface area (Å²) < 4.78 is 5.85. The minimum absolute atomic E-state index is 0.620. The summed E-state index contributed by atoms with van der Waals surface area (Å²) in [5.41, 5.74) is 4.73. The number of benzene rings is 2. The van der Waals surface area contributed by atoms with Crippen molar-refractivity contribution in [1.82, 2.24) is 9.97 Å². The molecule has 0 N–H and O–H groups in total. The van der Waals surface area contributed by atoms with Gasteiger partial charge in [0, 0.05) is 11.6 Å². The van der Waals surface area contributed by atoms with Gasteiger partial charge in [0.05, 0.1) is 11.1 Å². The lowest BCUT2D eigenvalue weighted by Gasteiger charge is -2.04. The molecule has 4 rings (SSSR count). The Kier molecular flexibility index (Phi) is 2.33. The number of rotatable bonds is 1. The Morgan fingerprint density at radius 2 is 1.85 bits per heavy atom. The first-order valence-corrected chi connectivity index (χ1v) is 6.53. The van der Waals surface area contributed by atoms with E-state index in [-0.39, 0.29) is 0 Å². The van der Waals surface area contributed by atoms with E-state index in [2.05, 4.69) is 23.0 Å². The van der Waals surface area contributed by atoms with Gasteiger partial charge in [-0.15, -0.1) is 0 Å². The van der Waals surface area contributed by atoms with Gasteiger partial charge in [-0.25, -0.2) is 4.98 Å². The Morgan fingerprint density at radius 1 is 0.950 bits per heavy atom. The van der Waals surface area contributed by atoms with E-state index in [1.165, 1.54) is 5.56 Å². The van der Waals surface area contributed by atoms with Crippen molar-refractivity contribution in [3.63, 3.8) is 0 Å². The van der Waals surface area contributed by atoms with Gasteiger partial charge in [0.15, 0.2) is 5.58 Å². The lowest BCUT2D eigenvalue weighted by Crippen LogP contribution is -1.86.